The second-order valence-electron chi connectivity index (χ2n) is 7.39. The highest BCUT2D eigenvalue weighted by Gasteiger charge is 2.35. The first-order chi connectivity index (χ1) is 11.1. The van der Waals surface area contributed by atoms with Crippen molar-refractivity contribution in [2.45, 2.75) is 39.0 Å². The maximum absolute atomic E-state index is 10.4. The lowest BCUT2D eigenvalue weighted by atomic mass is 10.0. The lowest BCUT2D eigenvalue weighted by Gasteiger charge is -2.33. The topological polar surface area (TPSA) is 35.9 Å². The van der Waals surface area contributed by atoms with Crippen molar-refractivity contribution in [1.29, 1.82) is 0 Å². The summed E-state index contributed by atoms with van der Waals surface area (Å²) in [5, 5.41) is 10.4. The van der Waals surface area contributed by atoms with Crippen molar-refractivity contribution in [1.82, 2.24) is 9.80 Å². The van der Waals surface area contributed by atoms with Gasteiger partial charge in [-0.2, -0.15) is 0 Å². The number of rotatable bonds is 5. The second kappa shape index (κ2) is 7.75. The van der Waals surface area contributed by atoms with Crippen LogP contribution in [0.4, 0.5) is 0 Å². The predicted molar refractivity (Wildman–Crippen MR) is 92.4 cm³/mol. The van der Waals surface area contributed by atoms with Gasteiger partial charge >= 0.3 is 0 Å². The van der Waals surface area contributed by atoms with Crippen molar-refractivity contribution in [3.05, 3.63) is 35.4 Å². The molecule has 2 aliphatic rings. The minimum Gasteiger partial charge on any atom is -0.390 e. The van der Waals surface area contributed by atoms with Crippen LogP contribution in [0.25, 0.3) is 0 Å². The molecule has 2 atom stereocenters. The summed E-state index contributed by atoms with van der Waals surface area (Å²) < 4.78 is 5.42. The molecule has 2 saturated heterocycles. The van der Waals surface area contributed by atoms with Crippen LogP contribution in [-0.4, -0.2) is 66.4 Å². The summed E-state index contributed by atoms with van der Waals surface area (Å²) in [4.78, 5) is 4.77. The van der Waals surface area contributed by atoms with Crippen molar-refractivity contribution in [3.63, 3.8) is 0 Å². The zero-order chi connectivity index (χ0) is 16.2. The Kier molecular flexibility index (Phi) is 5.70. The van der Waals surface area contributed by atoms with Gasteiger partial charge in [0.15, 0.2) is 0 Å². The molecule has 0 amide bonds. The van der Waals surface area contributed by atoms with E-state index in [0.717, 1.165) is 52.4 Å². The standard InChI is InChI=1S/C19H30N2O2/c1-15(2)11-16-3-5-17(6-4-16)12-20-13-18(19(22)14-20)21-7-9-23-10-8-21/h3-6,15,18-19,22H,7-14H2,1-2H3/t18-,19-/m0/s1. The van der Waals surface area contributed by atoms with Crippen LogP contribution in [0.2, 0.25) is 0 Å². The summed E-state index contributed by atoms with van der Waals surface area (Å²) in [6.07, 6.45) is 0.898. The van der Waals surface area contributed by atoms with Crippen molar-refractivity contribution >= 4 is 0 Å². The normalized spacial score (nSPS) is 27.0. The molecule has 0 spiro atoms. The number of ether oxygens (including phenoxy) is 1. The molecule has 23 heavy (non-hydrogen) atoms. The number of likely N-dealkylation sites (tertiary alicyclic amines) is 1. The predicted octanol–water partition coefficient (Wildman–Crippen LogP) is 1.76. The molecule has 0 saturated carbocycles. The van der Waals surface area contributed by atoms with E-state index in [0.29, 0.717) is 5.92 Å². The molecule has 1 aromatic rings. The number of hydrogen-bond acceptors (Lipinski definition) is 4. The Morgan fingerprint density at radius 2 is 1.74 bits per heavy atom. The smallest absolute Gasteiger partial charge is 0.0834 e. The Balaban J connectivity index is 1.54. The third kappa shape index (κ3) is 4.54. The van der Waals surface area contributed by atoms with Gasteiger partial charge < -0.3 is 9.84 Å². The number of benzene rings is 1. The van der Waals surface area contributed by atoms with Gasteiger partial charge in [-0.05, 0) is 23.5 Å². The zero-order valence-electron chi connectivity index (χ0n) is 14.4. The summed E-state index contributed by atoms with van der Waals surface area (Å²) in [6.45, 7) is 10.6. The van der Waals surface area contributed by atoms with Gasteiger partial charge in [0.25, 0.3) is 0 Å². The molecular weight excluding hydrogens is 288 g/mol. The van der Waals surface area contributed by atoms with E-state index < -0.39 is 0 Å². The molecule has 0 unspecified atom stereocenters. The highest BCUT2D eigenvalue weighted by Crippen LogP contribution is 2.20. The minimum absolute atomic E-state index is 0.242. The van der Waals surface area contributed by atoms with Crippen molar-refractivity contribution in [3.8, 4) is 0 Å². The van der Waals surface area contributed by atoms with Crippen LogP contribution in [0, 0.1) is 5.92 Å². The third-order valence-electron chi connectivity index (χ3n) is 4.92. The van der Waals surface area contributed by atoms with E-state index in [1.165, 1.54) is 11.1 Å². The molecule has 4 heteroatoms. The summed E-state index contributed by atoms with van der Waals surface area (Å²) in [5.74, 6) is 0.698. The van der Waals surface area contributed by atoms with Crippen molar-refractivity contribution in [2.24, 2.45) is 5.92 Å². The first kappa shape index (κ1) is 16.9. The van der Waals surface area contributed by atoms with Gasteiger partial charge in [-0.15, -0.1) is 0 Å². The lowest BCUT2D eigenvalue weighted by Crippen LogP contribution is -2.48. The number of morpholine rings is 1. The molecule has 4 nitrogen and oxygen atoms in total. The molecule has 2 heterocycles. The molecule has 3 rings (SSSR count). The van der Waals surface area contributed by atoms with Crippen LogP contribution < -0.4 is 0 Å². The van der Waals surface area contributed by atoms with Crippen molar-refractivity contribution < 1.29 is 9.84 Å². The largest absolute Gasteiger partial charge is 0.390 e. The monoisotopic (exact) mass is 318 g/mol. The van der Waals surface area contributed by atoms with E-state index in [1.54, 1.807) is 0 Å². The van der Waals surface area contributed by atoms with E-state index in [-0.39, 0.29) is 12.1 Å². The van der Waals surface area contributed by atoms with Crippen LogP contribution in [0.1, 0.15) is 25.0 Å². The fourth-order valence-corrected chi connectivity index (χ4v) is 3.75. The fourth-order valence-electron chi connectivity index (χ4n) is 3.75. The Morgan fingerprint density at radius 1 is 1.09 bits per heavy atom. The molecular formula is C19H30N2O2. The number of aliphatic hydroxyl groups is 1. The summed E-state index contributed by atoms with van der Waals surface area (Å²) in [6, 6.07) is 9.25. The SMILES string of the molecule is CC(C)Cc1ccc(CN2C[C@H](O)[C@@H](N3CCOCC3)C2)cc1. The van der Waals surface area contributed by atoms with Gasteiger partial charge in [0.1, 0.15) is 0 Å². The molecule has 1 N–H and O–H groups in total. The van der Waals surface area contributed by atoms with E-state index in [9.17, 15) is 5.11 Å². The third-order valence-corrected chi connectivity index (χ3v) is 4.92. The highest BCUT2D eigenvalue weighted by molar-refractivity contribution is 5.23. The maximum Gasteiger partial charge on any atom is 0.0834 e. The molecule has 2 fully saturated rings. The highest BCUT2D eigenvalue weighted by atomic mass is 16.5. The fraction of sp³-hybridized carbons (Fsp3) is 0.684. The Bertz CT molecular complexity index is 483. The van der Waals surface area contributed by atoms with Gasteiger partial charge in [-0.25, -0.2) is 0 Å². The number of nitrogens with zero attached hydrogens (tertiary/aromatic N) is 2. The molecule has 0 aliphatic carbocycles. The summed E-state index contributed by atoms with van der Waals surface area (Å²) >= 11 is 0. The molecule has 0 bridgehead atoms. The van der Waals surface area contributed by atoms with Crippen LogP contribution in [0.15, 0.2) is 24.3 Å². The number of hydrogen-bond donors (Lipinski definition) is 1. The lowest BCUT2D eigenvalue weighted by molar-refractivity contribution is -0.00618. The zero-order valence-corrected chi connectivity index (χ0v) is 14.4. The summed E-state index contributed by atoms with van der Waals surface area (Å²) in [7, 11) is 0. The number of β-amino-alcohol motifs (C(OH)–C–C–N with tert-alkyl or cyclic N) is 1. The average Bonchev–Trinajstić information content (AvgIpc) is 2.90. The number of aliphatic hydroxyl groups excluding tert-OH is 1. The van der Waals surface area contributed by atoms with E-state index in [4.69, 9.17) is 4.74 Å². The Labute approximate surface area is 140 Å². The quantitative estimate of drug-likeness (QED) is 0.897. The van der Waals surface area contributed by atoms with Crippen LogP contribution in [0.5, 0.6) is 0 Å². The molecule has 128 valence electrons. The van der Waals surface area contributed by atoms with E-state index >= 15 is 0 Å². The Morgan fingerprint density at radius 3 is 2.39 bits per heavy atom. The summed E-state index contributed by atoms with van der Waals surface area (Å²) in [5.41, 5.74) is 2.75. The van der Waals surface area contributed by atoms with Crippen LogP contribution in [-0.2, 0) is 17.7 Å². The van der Waals surface area contributed by atoms with Gasteiger partial charge in [0.2, 0.25) is 0 Å². The molecule has 2 aliphatic heterocycles. The van der Waals surface area contributed by atoms with Gasteiger partial charge in [0, 0.05) is 38.8 Å². The second-order valence-corrected chi connectivity index (χ2v) is 7.39. The van der Waals surface area contributed by atoms with E-state index in [1.807, 2.05) is 0 Å². The van der Waals surface area contributed by atoms with Gasteiger partial charge in [-0.1, -0.05) is 38.1 Å². The molecule has 1 aromatic carbocycles. The van der Waals surface area contributed by atoms with E-state index in [2.05, 4.69) is 47.9 Å². The molecule has 0 radical (unpaired) electrons. The van der Waals surface area contributed by atoms with Crippen LogP contribution in [0.3, 0.4) is 0 Å². The van der Waals surface area contributed by atoms with Crippen molar-refractivity contribution in [2.75, 3.05) is 39.4 Å². The first-order valence-electron chi connectivity index (χ1n) is 8.92. The Hall–Kier alpha value is -0.940. The van der Waals surface area contributed by atoms with Gasteiger partial charge in [-0.3, -0.25) is 9.80 Å². The average molecular weight is 318 g/mol. The van der Waals surface area contributed by atoms with Gasteiger partial charge in [0.05, 0.1) is 19.3 Å². The minimum atomic E-state index is -0.242. The van der Waals surface area contributed by atoms with Crippen LogP contribution >= 0.6 is 0 Å². The molecule has 0 aromatic heterocycles. The maximum atomic E-state index is 10.4. The first-order valence-corrected chi connectivity index (χ1v) is 8.92.